The molecule has 1 aliphatic carbocycles. The molecule has 0 atom stereocenters. The van der Waals surface area contributed by atoms with Crippen LogP contribution in [0.25, 0.3) is 11.0 Å². The minimum Gasteiger partial charge on any atom is -0.393 e. The number of H-pyrrole nitrogens is 1. The quantitative estimate of drug-likeness (QED) is 0.698. The molecule has 0 aliphatic heterocycles. The number of fused-ring (bicyclic) bond motifs is 1. The maximum atomic E-state index is 9.56. The number of hydrogen-bond acceptors (Lipinski definition) is 3. The topological polar surface area (TPSA) is 74.9 Å². The fraction of sp³-hybridized carbons (Fsp3) is 0.462. The zero-order valence-electron chi connectivity index (χ0n) is 9.69. The summed E-state index contributed by atoms with van der Waals surface area (Å²) in [5.41, 5.74) is 9.30. The molecule has 1 saturated carbocycles. The zero-order chi connectivity index (χ0) is 11.9. The Balaban J connectivity index is 1.96. The average Bonchev–Trinajstić information content (AvgIpc) is 2.80. The second kappa shape index (κ2) is 3.82. The van der Waals surface area contributed by atoms with Crippen LogP contribution in [-0.2, 0) is 5.54 Å². The Kier molecular flexibility index (Phi) is 2.42. The van der Waals surface area contributed by atoms with Crippen molar-refractivity contribution in [3.05, 3.63) is 30.1 Å². The van der Waals surface area contributed by atoms with Crippen LogP contribution in [0.1, 0.15) is 31.2 Å². The first-order chi connectivity index (χ1) is 8.17. The lowest BCUT2D eigenvalue weighted by molar-refractivity contribution is 0.0969. The molecular formula is C13H17N3O. The summed E-state index contributed by atoms with van der Waals surface area (Å²) in [5.74, 6) is 0. The van der Waals surface area contributed by atoms with Crippen LogP contribution in [0.4, 0.5) is 0 Å². The van der Waals surface area contributed by atoms with E-state index in [0.717, 1.165) is 42.3 Å². The van der Waals surface area contributed by atoms with Crippen molar-refractivity contribution in [1.82, 2.24) is 9.97 Å². The normalized spacial score (nSPS) is 29.6. The summed E-state index contributed by atoms with van der Waals surface area (Å²) >= 11 is 0. The molecule has 1 heterocycles. The summed E-state index contributed by atoms with van der Waals surface area (Å²) in [6.07, 6.45) is 4.78. The van der Waals surface area contributed by atoms with E-state index in [2.05, 4.69) is 22.1 Å². The molecule has 17 heavy (non-hydrogen) atoms. The van der Waals surface area contributed by atoms with Crippen molar-refractivity contribution in [1.29, 1.82) is 0 Å². The second-order valence-corrected chi connectivity index (χ2v) is 5.02. The van der Waals surface area contributed by atoms with Crippen LogP contribution < -0.4 is 5.73 Å². The van der Waals surface area contributed by atoms with E-state index in [4.69, 9.17) is 5.73 Å². The van der Waals surface area contributed by atoms with Gasteiger partial charge in [-0.3, -0.25) is 0 Å². The highest BCUT2D eigenvalue weighted by atomic mass is 16.3. The Hall–Kier alpha value is -1.39. The number of hydrogen-bond donors (Lipinski definition) is 3. The van der Waals surface area contributed by atoms with Gasteiger partial charge >= 0.3 is 0 Å². The third-order valence-electron chi connectivity index (χ3n) is 3.84. The van der Waals surface area contributed by atoms with Gasteiger partial charge in [0, 0.05) is 5.54 Å². The minimum atomic E-state index is -0.293. The molecule has 0 bridgehead atoms. The fourth-order valence-electron chi connectivity index (χ4n) is 2.65. The largest absolute Gasteiger partial charge is 0.393 e. The van der Waals surface area contributed by atoms with Gasteiger partial charge in [-0.1, -0.05) is 6.07 Å². The number of rotatable bonds is 1. The van der Waals surface area contributed by atoms with Gasteiger partial charge in [-0.05, 0) is 43.4 Å². The summed E-state index contributed by atoms with van der Waals surface area (Å²) in [6, 6.07) is 6.14. The van der Waals surface area contributed by atoms with Crippen molar-refractivity contribution in [3.63, 3.8) is 0 Å². The molecule has 1 fully saturated rings. The third-order valence-corrected chi connectivity index (χ3v) is 3.84. The number of nitrogens with two attached hydrogens (primary N) is 1. The Morgan fingerprint density at radius 3 is 2.88 bits per heavy atom. The van der Waals surface area contributed by atoms with Crippen molar-refractivity contribution >= 4 is 11.0 Å². The highest BCUT2D eigenvalue weighted by molar-refractivity contribution is 5.75. The van der Waals surface area contributed by atoms with E-state index in [1.165, 1.54) is 0 Å². The summed E-state index contributed by atoms with van der Waals surface area (Å²) < 4.78 is 0. The maximum absolute atomic E-state index is 9.56. The summed E-state index contributed by atoms with van der Waals surface area (Å²) in [4.78, 5) is 7.31. The van der Waals surface area contributed by atoms with Crippen LogP contribution in [0.2, 0.25) is 0 Å². The van der Waals surface area contributed by atoms with E-state index in [1.54, 1.807) is 6.33 Å². The first kappa shape index (κ1) is 10.7. The maximum Gasteiger partial charge on any atom is 0.0931 e. The van der Waals surface area contributed by atoms with Gasteiger partial charge in [0.15, 0.2) is 0 Å². The molecule has 90 valence electrons. The molecule has 1 aromatic heterocycles. The van der Waals surface area contributed by atoms with Crippen molar-refractivity contribution in [3.8, 4) is 0 Å². The molecule has 0 saturated heterocycles. The highest BCUT2D eigenvalue weighted by Gasteiger charge is 2.32. The standard InChI is InChI=1S/C13H17N3O/c14-13(5-3-10(17)4-6-13)9-1-2-11-12(7-9)16-8-15-11/h1-2,7-8,10,17H,3-6,14H2,(H,15,16). The summed E-state index contributed by atoms with van der Waals surface area (Å²) in [5, 5.41) is 9.56. The molecule has 4 nitrogen and oxygen atoms in total. The Labute approximate surface area is 99.9 Å². The number of aromatic amines is 1. The van der Waals surface area contributed by atoms with E-state index < -0.39 is 0 Å². The van der Waals surface area contributed by atoms with Gasteiger partial charge in [0.2, 0.25) is 0 Å². The Morgan fingerprint density at radius 2 is 2.12 bits per heavy atom. The summed E-state index contributed by atoms with van der Waals surface area (Å²) in [6.45, 7) is 0. The Bertz CT molecular complexity index is 526. The molecule has 0 amide bonds. The van der Waals surface area contributed by atoms with Gasteiger partial charge in [0.05, 0.1) is 23.5 Å². The molecule has 0 unspecified atom stereocenters. The van der Waals surface area contributed by atoms with Crippen molar-refractivity contribution in [2.75, 3.05) is 0 Å². The zero-order valence-corrected chi connectivity index (χ0v) is 9.69. The monoisotopic (exact) mass is 231 g/mol. The van der Waals surface area contributed by atoms with Crippen LogP contribution in [0, 0.1) is 0 Å². The van der Waals surface area contributed by atoms with E-state index in [0.29, 0.717) is 0 Å². The van der Waals surface area contributed by atoms with Gasteiger partial charge in [-0.25, -0.2) is 4.98 Å². The van der Waals surface area contributed by atoms with Crippen molar-refractivity contribution < 1.29 is 5.11 Å². The first-order valence-electron chi connectivity index (χ1n) is 6.08. The molecule has 0 radical (unpaired) electrons. The van der Waals surface area contributed by atoms with E-state index in [-0.39, 0.29) is 11.6 Å². The van der Waals surface area contributed by atoms with Crippen LogP contribution >= 0.6 is 0 Å². The molecule has 3 rings (SSSR count). The molecule has 1 aliphatic rings. The average molecular weight is 231 g/mol. The van der Waals surface area contributed by atoms with Crippen LogP contribution in [0.3, 0.4) is 0 Å². The number of aliphatic hydroxyl groups is 1. The van der Waals surface area contributed by atoms with Gasteiger partial charge in [0.1, 0.15) is 0 Å². The van der Waals surface area contributed by atoms with Crippen LogP contribution in [0.5, 0.6) is 0 Å². The fourth-order valence-corrected chi connectivity index (χ4v) is 2.65. The van der Waals surface area contributed by atoms with Gasteiger partial charge < -0.3 is 15.8 Å². The van der Waals surface area contributed by atoms with Gasteiger partial charge in [-0.15, -0.1) is 0 Å². The van der Waals surface area contributed by atoms with Gasteiger partial charge in [-0.2, -0.15) is 0 Å². The first-order valence-corrected chi connectivity index (χ1v) is 6.08. The summed E-state index contributed by atoms with van der Waals surface area (Å²) in [7, 11) is 0. The van der Waals surface area contributed by atoms with Crippen molar-refractivity contribution in [2.45, 2.75) is 37.3 Å². The SMILES string of the molecule is NC1(c2ccc3nc[nH]c3c2)CCC(O)CC1. The van der Waals surface area contributed by atoms with Crippen molar-refractivity contribution in [2.24, 2.45) is 5.73 Å². The smallest absolute Gasteiger partial charge is 0.0931 e. The lowest BCUT2D eigenvalue weighted by atomic mass is 9.76. The van der Waals surface area contributed by atoms with Crippen LogP contribution in [0.15, 0.2) is 24.5 Å². The number of nitrogens with one attached hydrogen (secondary N) is 1. The number of imidazole rings is 1. The van der Waals surface area contributed by atoms with E-state index >= 15 is 0 Å². The minimum absolute atomic E-state index is 0.178. The number of benzene rings is 1. The number of aromatic nitrogens is 2. The van der Waals surface area contributed by atoms with E-state index in [1.807, 2.05) is 6.07 Å². The molecule has 4 N–H and O–H groups in total. The number of nitrogens with zero attached hydrogens (tertiary/aromatic N) is 1. The number of aliphatic hydroxyl groups excluding tert-OH is 1. The molecule has 0 spiro atoms. The van der Waals surface area contributed by atoms with Gasteiger partial charge in [0.25, 0.3) is 0 Å². The predicted molar refractivity (Wildman–Crippen MR) is 66.4 cm³/mol. The molecule has 4 heteroatoms. The predicted octanol–water partition coefficient (Wildman–Crippen LogP) is 1.65. The molecular weight excluding hydrogens is 214 g/mol. The second-order valence-electron chi connectivity index (χ2n) is 5.02. The lowest BCUT2D eigenvalue weighted by Gasteiger charge is -2.36. The Morgan fingerprint density at radius 1 is 1.35 bits per heavy atom. The van der Waals surface area contributed by atoms with Crippen LogP contribution in [-0.4, -0.2) is 21.2 Å². The highest BCUT2D eigenvalue weighted by Crippen LogP contribution is 2.35. The molecule has 2 aromatic rings. The lowest BCUT2D eigenvalue weighted by Crippen LogP contribution is -2.41. The van der Waals surface area contributed by atoms with E-state index in [9.17, 15) is 5.11 Å². The molecule has 1 aromatic carbocycles. The third kappa shape index (κ3) is 1.83.